The van der Waals surface area contributed by atoms with Gasteiger partial charge in [-0.1, -0.05) is 11.6 Å². The number of hydrogen-bond acceptors (Lipinski definition) is 6. The van der Waals surface area contributed by atoms with Gasteiger partial charge in [0.15, 0.2) is 0 Å². The van der Waals surface area contributed by atoms with Crippen molar-refractivity contribution in [3.63, 3.8) is 0 Å². The molecule has 1 fully saturated rings. The third kappa shape index (κ3) is 3.18. The Kier molecular flexibility index (Phi) is 4.09. The van der Waals surface area contributed by atoms with Crippen molar-refractivity contribution in [1.29, 1.82) is 0 Å². The number of nitrogens with zero attached hydrogens (tertiary/aromatic N) is 4. The maximum atomic E-state index is 12.0. The number of hydrogen-bond donors (Lipinski definition) is 2. The Morgan fingerprint density at radius 2 is 2.48 bits per heavy atom. The number of rotatable bonds is 4. The van der Waals surface area contributed by atoms with Crippen LogP contribution in [0.4, 0.5) is 0 Å². The van der Waals surface area contributed by atoms with E-state index in [0.717, 1.165) is 11.3 Å². The molecule has 0 saturated carbocycles. The minimum absolute atomic E-state index is 0.116. The van der Waals surface area contributed by atoms with E-state index >= 15 is 0 Å². The third-order valence-electron chi connectivity index (χ3n) is 3.14. The summed E-state index contributed by atoms with van der Waals surface area (Å²) in [6, 6.07) is 5.01. The van der Waals surface area contributed by atoms with Gasteiger partial charge in [0.1, 0.15) is 12.4 Å². The highest BCUT2D eigenvalue weighted by molar-refractivity contribution is 6.30. The van der Waals surface area contributed by atoms with Crippen molar-refractivity contribution in [3.8, 4) is 5.69 Å². The summed E-state index contributed by atoms with van der Waals surface area (Å²) in [6.45, 7) is 0.859. The molecule has 8 nitrogen and oxygen atoms in total. The zero-order chi connectivity index (χ0) is 14.7. The van der Waals surface area contributed by atoms with Gasteiger partial charge in [-0.15, -0.1) is 5.10 Å². The molecule has 1 aromatic heterocycles. The molecule has 2 N–H and O–H groups in total. The highest BCUT2D eigenvalue weighted by Gasteiger charge is 2.23. The second-order valence-electron chi connectivity index (χ2n) is 4.55. The highest BCUT2D eigenvalue weighted by atomic mass is 35.5. The van der Waals surface area contributed by atoms with Crippen LogP contribution in [0.3, 0.4) is 0 Å². The Hall–Kier alpha value is -2.03. The third-order valence-corrected chi connectivity index (χ3v) is 3.38. The number of carbonyl (C=O) groups excluding carboxylic acids is 1. The summed E-state index contributed by atoms with van der Waals surface area (Å²) in [5, 5.41) is 14.5. The minimum atomic E-state index is -0.319. The van der Waals surface area contributed by atoms with E-state index in [0.29, 0.717) is 24.6 Å². The lowest BCUT2D eigenvalue weighted by Gasteiger charge is -2.12. The van der Waals surface area contributed by atoms with E-state index in [-0.39, 0.29) is 11.9 Å². The molecule has 1 amide bonds. The first kappa shape index (κ1) is 13.9. The Balaban J connectivity index is 1.75. The van der Waals surface area contributed by atoms with Crippen molar-refractivity contribution in [2.75, 3.05) is 6.61 Å². The zero-order valence-corrected chi connectivity index (χ0v) is 11.7. The van der Waals surface area contributed by atoms with E-state index in [1.54, 1.807) is 18.2 Å². The second-order valence-corrected chi connectivity index (χ2v) is 4.99. The Bertz CT molecular complexity index is 627. The van der Waals surface area contributed by atoms with Gasteiger partial charge in [-0.2, -0.15) is 5.48 Å². The molecule has 1 aliphatic rings. The van der Waals surface area contributed by atoms with E-state index in [1.165, 1.54) is 11.0 Å². The fourth-order valence-corrected chi connectivity index (χ4v) is 2.27. The van der Waals surface area contributed by atoms with E-state index in [1.807, 2.05) is 0 Å². The number of nitrogens with one attached hydrogen (secondary N) is 2. The molecule has 1 unspecified atom stereocenters. The lowest BCUT2D eigenvalue weighted by Crippen LogP contribution is -2.39. The maximum absolute atomic E-state index is 12.0. The SMILES string of the molecule is O=C(NCc1cc(Cl)ccc1-n1cnnn1)C1CCON1. The molecule has 1 aliphatic heterocycles. The van der Waals surface area contributed by atoms with Crippen LogP contribution in [0.5, 0.6) is 0 Å². The molecular weight excluding hydrogens is 296 g/mol. The van der Waals surface area contributed by atoms with Crippen LogP contribution >= 0.6 is 11.6 Å². The topological polar surface area (TPSA) is 94.0 Å². The van der Waals surface area contributed by atoms with Gasteiger partial charge < -0.3 is 10.2 Å². The Morgan fingerprint density at radius 1 is 1.57 bits per heavy atom. The Labute approximate surface area is 125 Å². The molecular formula is C12H13ClN6O2. The van der Waals surface area contributed by atoms with Crippen LogP contribution in [-0.2, 0) is 16.2 Å². The van der Waals surface area contributed by atoms with Gasteiger partial charge in [-0.3, -0.25) is 4.79 Å². The molecule has 2 heterocycles. The molecule has 9 heteroatoms. The van der Waals surface area contributed by atoms with Gasteiger partial charge in [0.25, 0.3) is 0 Å². The van der Waals surface area contributed by atoms with E-state index < -0.39 is 0 Å². The minimum Gasteiger partial charge on any atom is -0.351 e. The molecule has 0 spiro atoms. The quantitative estimate of drug-likeness (QED) is 0.839. The summed E-state index contributed by atoms with van der Waals surface area (Å²) in [5.41, 5.74) is 4.26. The smallest absolute Gasteiger partial charge is 0.239 e. The average molecular weight is 309 g/mol. The molecule has 1 atom stereocenters. The molecule has 1 saturated heterocycles. The molecule has 1 aromatic carbocycles. The number of aromatic nitrogens is 4. The number of tetrazole rings is 1. The summed E-state index contributed by atoms with van der Waals surface area (Å²) in [5.74, 6) is -0.116. The first-order valence-electron chi connectivity index (χ1n) is 6.41. The predicted molar refractivity (Wildman–Crippen MR) is 73.5 cm³/mol. The monoisotopic (exact) mass is 308 g/mol. The van der Waals surface area contributed by atoms with Crippen LogP contribution in [-0.4, -0.2) is 38.8 Å². The lowest BCUT2D eigenvalue weighted by molar-refractivity contribution is -0.124. The largest absolute Gasteiger partial charge is 0.351 e. The summed E-state index contributed by atoms with van der Waals surface area (Å²) in [7, 11) is 0. The van der Waals surface area contributed by atoms with E-state index in [9.17, 15) is 4.79 Å². The van der Waals surface area contributed by atoms with Crippen LogP contribution in [0.2, 0.25) is 5.02 Å². The first-order chi connectivity index (χ1) is 10.2. The lowest BCUT2D eigenvalue weighted by atomic mass is 10.1. The molecule has 0 radical (unpaired) electrons. The van der Waals surface area contributed by atoms with E-state index in [4.69, 9.17) is 16.4 Å². The van der Waals surface area contributed by atoms with Crippen LogP contribution in [0.25, 0.3) is 5.69 Å². The van der Waals surface area contributed by atoms with Crippen molar-refractivity contribution in [2.45, 2.75) is 19.0 Å². The van der Waals surface area contributed by atoms with Crippen LogP contribution in [0, 0.1) is 0 Å². The van der Waals surface area contributed by atoms with Crippen molar-refractivity contribution in [3.05, 3.63) is 35.1 Å². The van der Waals surface area contributed by atoms with Gasteiger partial charge in [-0.25, -0.2) is 4.68 Å². The number of hydroxylamine groups is 1. The van der Waals surface area contributed by atoms with Crippen LogP contribution in [0.15, 0.2) is 24.5 Å². The number of benzene rings is 1. The first-order valence-corrected chi connectivity index (χ1v) is 6.78. The van der Waals surface area contributed by atoms with Gasteiger partial charge in [0.05, 0.1) is 12.3 Å². The molecule has 2 aromatic rings. The zero-order valence-electron chi connectivity index (χ0n) is 11.0. The molecule has 3 rings (SSSR count). The number of carbonyl (C=O) groups is 1. The summed E-state index contributed by atoms with van der Waals surface area (Å²) >= 11 is 6.01. The normalized spacial score (nSPS) is 17.9. The maximum Gasteiger partial charge on any atom is 0.239 e. The van der Waals surface area contributed by atoms with Gasteiger partial charge in [0.2, 0.25) is 5.91 Å². The van der Waals surface area contributed by atoms with Crippen molar-refractivity contribution in [2.24, 2.45) is 0 Å². The summed E-state index contributed by atoms with van der Waals surface area (Å²) < 4.78 is 1.52. The second kappa shape index (κ2) is 6.17. The fourth-order valence-electron chi connectivity index (χ4n) is 2.08. The average Bonchev–Trinajstić information content (AvgIpc) is 3.17. The van der Waals surface area contributed by atoms with Crippen molar-refractivity contribution >= 4 is 17.5 Å². The summed E-state index contributed by atoms with van der Waals surface area (Å²) in [6.07, 6.45) is 2.14. The molecule has 21 heavy (non-hydrogen) atoms. The van der Waals surface area contributed by atoms with Gasteiger partial charge >= 0.3 is 0 Å². The van der Waals surface area contributed by atoms with Crippen molar-refractivity contribution in [1.82, 2.24) is 31.0 Å². The highest BCUT2D eigenvalue weighted by Crippen LogP contribution is 2.19. The standard InChI is InChI=1S/C12H13ClN6O2/c13-9-1-2-11(19-7-15-17-18-19)8(5-9)6-14-12(20)10-3-4-21-16-10/h1-2,5,7,10,16H,3-4,6H2,(H,14,20). The van der Waals surface area contributed by atoms with Crippen LogP contribution < -0.4 is 10.8 Å². The molecule has 110 valence electrons. The Morgan fingerprint density at radius 3 is 3.19 bits per heavy atom. The number of amides is 1. The molecule has 0 bridgehead atoms. The van der Waals surface area contributed by atoms with Crippen LogP contribution in [0.1, 0.15) is 12.0 Å². The van der Waals surface area contributed by atoms with Gasteiger partial charge in [0, 0.05) is 11.6 Å². The van der Waals surface area contributed by atoms with Gasteiger partial charge in [-0.05, 0) is 40.6 Å². The molecule has 0 aliphatic carbocycles. The number of halogens is 1. The summed E-state index contributed by atoms with van der Waals surface area (Å²) in [4.78, 5) is 16.9. The van der Waals surface area contributed by atoms with E-state index in [2.05, 4.69) is 26.3 Å². The predicted octanol–water partition coefficient (Wildman–Crippen LogP) is 0.225. The van der Waals surface area contributed by atoms with Crippen molar-refractivity contribution < 1.29 is 9.63 Å². The fraction of sp³-hybridized carbons (Fsp3) is 0.333.